The molecule has 13 heteroatoms. The highest BCUT2D eigenvalue weighted by molar-refractivity contribution is 6.42. The van der Waals surface area contributed by atoms with Gasteiger partial charge in [-0.1, -0.05) is 0 Å². The second kappa shape index (κ2) is 116. The molecule has 0 aromatic rings. The van der Waals surface area contributed by atoms with Gasteiger partial charge in [0.2, 0.25) is 0 Å². The maximum absolute atomic E-state index is 7.00. The molecule has 134 valence electrons. The first kappa shape index (κ1) is 43.7. The Balaban J connectivity index is -0.0000000198. The maximum atomic E-state index is 7.00. The van der Waals surface area contributed by atoms with E-state index in [9.17, 15) is 0 Å². The van der Waals surface area contributed by atoms with Crippen LogP contribution in [0.2, 0.25) is 0 Å². The van der Waals surface area contributed by atoms with E-state index in [2.05, 4.69) is 0 Å². The lowest BCUT2D eigenvalue weighted by Gasteiger charge is -1.42. The molecule has 0 saturated carbocycles. The van der Waals surface area contributed by atoms with E-state index in [1.165, 1.54) is 0 Å². The molecule has 1 N–H and O–H groups in total. The van der Waals surface area contributed by atoms with Crippen LogP contribution >= 0.6 is 139 Å². The van der Waals surface area contributed by atoms with Crippen LogP contribution in [-0.4, -0.2) is 44.3 Å². The molecule has 0 aliphatic carbocycles. The highest BCUT2D eigenvalue weighted by Gasteiger charge is 1.43. The van der Waals surface area contributed by atoms with Crippen LogP contribution in [0.15, 0.2) is 0 Å². The van der Waals surface area contributed by atoms with Crippen molar-refractivity contribution in [3.63, 3.8) is 0 Å². The van der Waals surface area contributed by atoms with E-state index in [4.69, 9.17) is 144 Å². The summed E-state index contributed by atoms with van der Waals surface area (Å²) in [5.41, 5.74) is 0. The fourth-order valence-corrected chi connectivity index (χ4v) is 0. The van der Waals surface area contributed by atoms with Crippen molar-refractivity contribution >= 4 is 139 Å². The topological polar surface area (TPSA) is 20.2 Å². The van der Waals surface area contributed by atoms with E-state index in [1.54, 1.807) is 0 Å². The van der Waals surface area contributed by atoms with Crippen molar-refractivity contribution in [2.75, 3.05) is 39.1 Å². The molecule has 0 fully saturated rings. The van der Waals surface area contributed by atoms with Gasteiger partial charge in [-0.3, -0.25) is 0 Å². The molecule has 0 spiro atoms. The first-order valence-electron chi connectivity index (χ1n) is 3.65. The van der Waals surface area contributed by atoms with Crippen LogP contribution < -0.4 is 0 Å². The third-order valence-corrected chi connectivity index (χ3v) is 0. The van der Waals surface area contributed by atoms with Crippen LogP contribution in [0.25, 0.3) is 0 Å². The summed E-state index contributed by atoms with van der Waals surface area (Å²) in [7, 11) is 1.00. The van der Waals surface area contributed by atoms with Gasteiger partial charge in [0.1, 0.15) is 0 Å². The van der Waals surface area contributed by atoms with Crippen LogP contribution in [0.1, 0.15) is 0 Å². The Labute approximate surface area is 181 Å². The quantitative estimate of drug-likeness (QED) is 0.307. The van der Waals surface area contributed by atoms with Crippen LogP contribution in [0.3, 0.4) is 0 Å². The maximum Gasteiger partial charge on any atom is 0.0967 e. The summed E-state index contributed by atoms with van der Waals surface area (Å²) in [6, 6.07) is 0. The second-order valence-corrected chi connectivity index (χ2v) is 5.45. The fraction of sp³-hybridized carbons (Fsp3) is 1.00. The van der Waals surface area contributed by atoms with Crippen molar-refractivity contribution in [3.05, 3.63) is 0 Å². The normalized spacial score (nSPS) is 5.70. The lowest BCUT2D eigenvalue weighted by atomic mass is 11.8. The van der Waals surface area contributed by atoms with Gasteiger partial charge in [0.15, 0.2) is 0 Å². The average Bonchev–Trinajstić information content (AvgIpc) is 2.36. The number of aliphatic hydroxyl groups excluding tert-OH is 1. The lowest BCUT2D eigenvalue weighted by molar-refractivity contribution is 0.399. The van der Waals surface area contributed by atoms with Crippen molar-refractivity contribution in [1.82, 2.24) is 0 Å². The minimum atomic E-state index is 0.194. The molecule has 0 saturated heterocycles. The van der Waals surface area contributed by atoms with Crippen molar-refractivity contribution < 1.29 is 5.11 Å². The summed E-state index contributed by atoms with van der Waals surface area (Å²) < 4.78 is 0. The molecule has 20 heavy (non-hydrogen) atoms. The third-order valence-electron chi connectivity index (χ3n) is 0. The number of halogens is 12. The highest BCUT2D eigenvalue weighted by Crippen LogP contribution is 1.74. The van der Waals surface area contributed by atoms with Crippen molar-refractivity contribution in [2.45, 2.75) is 0 Å². The van der Waals surface area contributed by atoms with Crippen molar-refractivity contribution in [2.24, 2.45) is 0 Å². The third kappa shape index (κ3) is 757. The molecule has 0 aliphatic heterocycles. The minimum absolute atomic E-state index is 0.194. The van der Waals surface area contributed by atoms with Crippen molar-refractivity contribution in [1.29, 1.82) is 0 Å². The first-order valence-corrected chi connectivity index (χ1v) is 10.1. The molecular formula is C7H16Cl12O. The molecular weight excluding hydrogens is 526 g/mol. The number of aliphatic hydroxyl groups is 1. The highest BCUT2D eigenvalue weighted by atomic mass is 35.5. The Morgan fingerprint density at radius 2 is 0.350 bits per heavy atom. The largest absolute Gasteiger partial charge is 0.400 e. The first-order chi connectivity index (χ1) is 9.49. The molecule has 0 aliphatic rings. The molecule has 0 amide bonds. The van der Waals surface area contributed by atoms with Crippen LogP contribution in [0.5, 0.6) is 0 Å². The van der Waals surface area contributed by atoms with E-state index in [0.29, 0.717) is 0 Å². The summed E-state index contributed by atoms with van der Waals surface area (Å²) in [5.74, 6) is 0. The zero-order valence-corrected chi connectivity index (χ0v) is 19.3. The van der Waals surface area contributed by atoms with E-state index >= 15 is 0 Å². The molecule has 0 bridgehead atoms. The Kier molecular flexibility index (Phi) is 253. The van der Waals surface area contributed by atoms with E-state index in [-0.39, 0.29) is 32.0 Å². The smallest absolute Gasteiger partial charge is 0.0967 e. The molecule has 0 atom stereocenters. The summed E-state index contributed by atoms with van der Waals surface area (Å²) in [6.07, 6.45) is 0. The Hall–Kier alpha value is 3.44. The Bertz CT molecular complexity index is 39.3. The zero-order valence-electron chi connectivity index (χ0n) is 10.2. The fourth-order valence-electron chi connectivity index (χ4n) is 0. The lowest BCUT2D eigenvalue weighted by Crippen LogP contribution is -1.25. The Morgan fingerprint density at radius 3 is 0.350 bits per heavy atom. The molecule has 0 aromatic heterocycles. The van der Waals surface area contributed by atoms with Gasteiger partial charge in [0.05, 0.1) is 32.0 Å². The number of hydrogen-bond acceptors (Lipinski definition) is 1. The van der Waals surface area contributed by atoms with Gasteiger partial charge in [-0.05, 0) is 0 Å². The number of alkyl halides is 12. The minimum Gasteiger partial charge on any atom is -0.400 e. The molecule has 0 unspecified atom stereocenters. The van der Waals surface area contributed by atoms with E-state index < -0.39 is 0 Å². The monoisotopic (exact) mass is 536 g/mol. The SMILES string of the molecule is CO.ClCCl.ClCCl.ClCCl.ClCCl.ClCCl.ClCCl. The summed E-state index contributed by atoms with van der Waals surface area (Å²) in [6.45, 7) is 0. The van der Waals surface area contributed by atoms with Gasteiger partial charge in [-0.15, -0.1) is 139 Å². The predicted molar refractivity (Wildman–Crippen MR) is 108 cm³/mol. The van der Waals surface area contributed by atoms with Crippen LogP contribution in [0, 0.1) is 0 Å². The Morgan fingerprint density at radius 1 is 0.350 bits per heavy atom. The van der Waals surface area contributed by atoms with Crippen LogP contribution in [-0.2, 0) is 0 Å². The second-order valence-electron chi connectivity index (χ2n) is 0.606. The molecule has 0 rings (SSSR count). The molecule has 0 heterocycles. The van der Waals surface area contributed by atoms with Gasteiger partial charge in [-0.2, -0.15) is 0 Å². The summed E-state index contributed by atoms with van der Waals surface area (Å²) >= 11 is 57.2. The van der Waals surface area contributed by atoms with E-state index in [1.807, 2.05) is 0 Å². The molecule has 1 nitrogen and oxygen atoms in total. The molecule has 0 aromatic carbocycles. The van der Waals surface area contributed by atoms with Gasteiger partial charge >= 0.3 is 0 Å². The summed E-state index contributed by atoms with van der Waals surface area (Å²) in [5, 5.41) is 8.17. The van der Waals surface area contributed by atoms with Crippen LogP contribution in [0.4, 0.5) is 0 Å². The predicted octanol–water partition coefficient (Wildman–Crippen LogP) is 8.14. The van der Waals surface area contributed by atoms with Gasteiger partial charge < -0.3 is 5.11 Å². The number of rotatable bonds is 0. The van der Waals surface area contributed by atoms with E-state index in [0.717, 1.165) is 7.11 Å². The number of hydrogen-bond donors (Lipinski definition) is 1. The zero-order chi connectivity index (χ0) is 18.2. The molecule has 0 radical (unpaired) electrons. The summed E-state index contributed by atoms with van der Waals surface area (Å²) in [4.78, 5) is 0. The standard InChI is InChI=1S/6CH2Cl2.CH4O/c6*2-1-3;1-2/h6*1H2;2H,1H3. The van der Waals surface area contributed by atoms with Gasteiger partial charge in [0, 0.05) is 7.11 Å². The van der Waals surface area contributed by atoms with Crippen molar-refractivity contribution in [3.8, 4) is 0 Å². The van der Waals surface area contributed by atoms with Gasteiger partial charge in [-0.25, -0.2) is 0 Å². The average molecular weight is 542 g/mol. The van der Waals surface area contributed by atoms with Gasteiger partial charge in [0.25, 0.3) is 0 Å².